The lowest BCUT2D eigenvalue weighted by Crippen LogP contribution is -2.60. The van der Waals surface area contributed by atoms with Crippen molar-refractivity contribution in [2.45, 2.75) is 101 Å². The summed E-state index contributed by atoms with van der Waals surface area (Å²) in [6, 6.07) is 9.28. The number of rotatable bonds is 15. The van der Waals surface area contributed by atoms with Crippen LogP contribution in [0.15, 0.2) is 55.6 Å². The minimum absolute atomic E-state index is 0.00168. The molecular weight excluding hydrogens is 570 g/mol. The number of hydrogen-bond acceptors (Lipinski definition) is 5. The van der Waals surface area contributed by atoms with Crippen molar-refractivity contribution >= 4 is 29.5 Å². The molecule has 3 heterocycles. The second-order valence-corrected chi connectivity index (χ2v) is 16.3. The van der Waals surface area contributed by atoms with Gasteiger partial charge in [0, 0.05) is 43.6 Å². The number of likely N-dealkylation sites (tertiary alicyclic amines) is 1. The monoisotopic (exact) mass is 623 g/mol. The highest BCUT2D eigenvalue weighted by Gasteiger charge is 2.74. The third-order valence-corrected chi connectivity index (χ3v) is 11.5. The number of aliphatic hydroxyl groups excluding tert-OH is 1. The third kappa shape index (κ3) is 6.81. The summed E-state index contributed by atoms with van der Waals surface area (Å²) in [7, 11) is 0. The van der Waals surface area contributed by atoms with Gasteiger partial charge in [-0.1, -0.05) is 63.3 Å². The molecule has 3 aliphatic heterocycles. The fraction of sp³-hybridized carbons (Fsp3) is 0.639. The molecule has 0 aromatic heterocycles. The highest BCUT2D eigenvalue weighted by molar-refractivity contribution is 8.02. The second kappa shape index (κ2) is 13.8. The number of fused-ring (bicyclic) bond motifs is 1. The number of hydrogen-bond donors (Lipinski definition) is 1. The largest absolute Gasteiger partial charge is 0.396 e. The molecule has 44 heavy (non-hydrogen) atoms. The van der Waals surface area contributed by atoms with E-state index in [2.05, 4.69) is 47.8 Å². The van der Waals surface area contributed by atoms with Crippen molar-refractivity contribution in [2.24, 2.45) is 17.3 Å². The van der Waals surface area contributed by atoms with Gasteiger partial charge in [-0.05, 0) is 63.4 Å². The van der Waals surface area contributed by atoms with Gasteiger partial charge in [0.1, 0.15) is 6.04 Å². The number of thioether (sulfide) groups is 1. The van der Waals surface area contributed by atoms with Crippen molar-refractivity contribution in [3.05, 3.63) is 61.2 Å². The Bertz CT molecular complexity index is 1210. The standard InChI is InChI=1S/C36H53N3O4S/c1-8-20-37(24-26-16-12-10-13-17-26)31(41)28-27-18-19-36(44-27)29(28)32(42)38(22-14-11-15-23-40)30(36)33(43)39(21-9-2)35(6,7)25-34(3,4)5/h8-10,12-13,16-17,27-30,40H,1-2,11,14-15,18-25H2,3-7H3/t27-,28+,29-,30?,36?/m0/s1. The molecule has 1 aromatic rings. The summed E-state index contributed by atoms with van der Waals surface area (Å²) in [5.41, 5.74) is 0.563. The molecule has 5 atom stereocenters. The maximum atomic E-state index is 14.9. The van der Waals surface area contributed by atoms with Crippen LogP contribution in [0.1, 0.15) is 78.7 Å². The van der Waals surface area contributed by atoms with E-state index in [-0.39, 0.29) is 35.0 Å². The lowest BCUT2D eigenvalue weighted by Gasteiger charge is -2.46. The fourth-order valence-electron chi connectivity index (χ4n) is 8.23. The summed E-state index contributed by atoms with van der Waals surface area (Å²) in [6.07, 6.45) is 8.01. The summed E-state index contributed by atoms with van der Waals surface area (Å²) in [6.45, 7) is 20.5. The number of unbranched alkanes of at least 4 members (excludes halogenated alkanes) is 2. The van der Waals surface area contributed by atoms with Crippen molar-refractivity contribution in [1.29, 1.82) is 0 Å². The van der Waals surface area contributed by atoms with Gasteiger partial charge < -0.3 is 19.8 Å². The van der Waals surface area contributed by atoms with Crippen LogP contribution in [0.2, 0.25) is 0 Å². The molecule has 0 radical (unpaired) electrons. The quantitative estimate of drug-likeness (QED) is 0.201. The van der Waals surface area contributed by atoms with E-state index >= 15 is 0 Å². The first-order valence-electron chi connectivity index (χ1n) is 16.3. The van der Waals surface area contributed by atoms with Crippen molar-refractivity contribution in [3.8, 4) is 0 Å². The maximum Gasteiger partial charge on any atom is 0.247 e. The molecule has 0 saturated carbocycles. The van der Waals surface area contributed by atoms with Crippen LogP contribution >= 0.6 is 11.8 Å². The average Bonchev–Trinajstić information content (AvgIpc) is 3.59. The van der Waals surface area contributed by atoms with Crippen LogP contribution in [-0.4, -0.2) is 85.3 Å². The van der Waals surface area contributed by atoms with Crippen LogP contribution in [0.4, 0.5) is 0 Å². The van der Waals surface area contributed by atoms with E-state index in [0.717, 1.165) is 31.2 Å². The van der Waals surface area contributed by atoms with Gasteiger partial charge in [0.05, 0.1) is 16.6 Å². The number of aliphatic hydroxyl groups is 1. The van der Waals surface area contributed by atoms with E-state index in [9.17, 15) is 19.5 Å². The second-order valence-electron chi connectivity index (χ2n) is 14.7. The average molecular weight is 624 g/mol. The Morgan fingerprint density at radius 1 is 1.05 bits per heavy atom. The molecule has 2 bridgehead atoms. The molecule has 1 spiro atoms. The van der Waals surface area contributed by atoms with Crippen LogP contribution in [0.25, 0.3) is 0 Å². The Hall–Kier alpha value is -2.58. The molecular formula is C36H53N3O4S. The van der Waals surface area contributed by atoms with Gasteiger partial charge in [-0.2, -0.15) is 0 Å². The highest BCUT2D eigenvalue weighted by atomic mass is 32.2. The van der Waals surface area contributed by atoms with Crippen LogP contribution in [0.5, 0.6) is 0 Å². The molecule has 3 saturated heterocycles. The van der Waals surface area contributed by atoms with Gasteiger partial charge in [0.25, 0.3) is 0 Å². The molecule has 8 heteroatoms. The van der Waals surface area contributed by atoms with Gasteiger partial charge in [-0.25, -0.2) is 0 Å². The topological polar surface area (TPSA) is 81.2 Å². The smallest absolute Gasteiger partial charge is 0.247 e. The number of nitrogens with zero attached hydrogens (tertiary/aromatic N) is 3. The predicted molar refractivity (Wildman–Crippen MR) is 179 cm³/mol. The zero-order chi connectivity index (χ0) is 32.3. The summed E-state index contributed by atoms with van der Waals surface area (Å²) in [4.78, 5) is 49.4. The molecule has 3 fully saturated rings. The third-order valence-electron chi connectivity index (χ3n) is 9.53. The van der Waals surface area contributed by atoms with Crippen molar-refractivity contribution in [3.63, 3.8) is 0 Å². The SMILES string of the molecule is C=CCN(Cc1ccccc1)C(=O)[C@@H]1[C@@H]2CCC3(S2)C(C(=O)N(CC=C)C(C)(C)CC(C)(C)C)N(CCCCCO)C(=O)[C@H]13. The molecule has 3 aliphatic rings. The summed E-state index contributed by atoms with van der Waals surface area (Å²) in [5.74, 6) is -1.13. The van der Waals surface area contributed by atoms with Gasteiger partial charge in [0.15, 0.2) is 0 Å². The molecule has 242 valence electrons. The van der Waals surface area contributed by atoms with Gasteiger partial charge in [-0.15, -0.1) is 24.9 Å². The number of benzene rings is 1. The number of carbonyl (C=O) groups excluding carboxylic acids is 3. The Kier molecular flexibility index (Phi) is 10.8. The van der Waals surface area contributed by atoms with E-state index in [1.54, 1.807) is 23.9 Å². The lowest BCUT2D eigenvalue weighted by molar-refractivity contribution is -0.147. The van der Waals surface area contributed by atoms with Crippen molar-refractivity contribution in [2.75, 3.05) is 26.2 Å². The molecule has 3 amide bonds. The minimum atomic E-state index is -0.639. The van der Waals surface area contributed by atoms with Crippen LogP contribution in [-0.2, 0) is 20.9 Å². The summed E-state index contributed by atoms with van der Waals surface area (Å²) >= 11 is 1.73. The Morgan fingerprint density at radius 2 is 1.73 bits per heavy atom. The molecule has 0 aliphatic carbocycles. The number of carbonyl (C=O) groups is 3. The molecule has 1 aromatic carbocycles. The van der Waals surface area contributed by atoms with E-state index in [1.165, 1.54) is 0 Å². The van der Waals surface area contributed by atoms with Crippen LogP contribution in [0.3, 0.4) is 0 Å². The maximum absolute atomic E-state index is 14.9. The first-order valence-corrected chi connectivity index (χ1v) is 17.1. The molecule has 7 nitrogen and oxygen atoms in total. The number of amides is 3. The molecule has 1 N–H and O–H groups in total. The first kappa shape index (κ1) is 34.3. The summed E-state index contributed by atoms with van der Waals surface area (Å²) < 4.78 is -0.639. The Balaban J connectivity index is 1.72. The van der Waals surface area contributed by atoms with Crippen molar-refractivity contribution < 1.29 is 19.5 Å². The predicted octanol–water partition coefficient (Wildman–Crippen LogP) is 5.68. The van der Waals surface area contributed by atoms with Crippen LogP contribution < -0.4 is 0 Å². The lowest BCUT2D eigenvalue weighted by atomic mass is 9.70. The Labute approximate surface area is 269 Å². The van der Waals surface area contributed by atoms with Gasteiger partial charge in [0.2, 0.25) is 17.7 Å². The zero-order valence-corrected chi connectivity index (χ0v) is 28.3. The van der Waals surface area contributed by atoms with Crippen LogP contribution in [0, 0.1) is 17.3 Å². The van der Waals surface area contributed by atoms with Gasteiger partial charge >= 0.3 is 0 Å². The molecule has 2 unspecified atom stereocenters. The van der Waals surface area contributed by atoms with E-state index < -0.39 is 28.2 Å². The first-order chi connectivity index (χ1) is 20.8. The summed E-state index contributed by atoms with van der Waals surface area (Å²) in [5, 5.41) is 9.38. The zero-order valence-electron chi connectivity index (χ0n) is 27.5. The van der Waals surface area contributed by atoms with E-state index in [1.807, 2.05) is 45.0 Å². The molecule has 4 rings (SSSR count). The highest BCUT2D eigenvalue weighted by Crippen LogP contribution is 2.67. The van der Waals surface area contributed by atoms with Gasteiger partial charge in [-0.3, -0.25) is 14.4 Å². The normalized spacial score (nSPS) is 26.0. The fourth-order valence-corrected chi connectivity index (χ4v) is 10.4. The van der Waals surface area contributed by atoms with E-state index in [4.69, 9.17) is 0 Å². The van der Waals surface area contributed by atoms with Crippen molar-refractivity contribution in [1.82, 2.24) is 14.7 Å². The van der Waals surface area contributed by atoms with E-state index in [0.29, 0.717) is 39.0 Å². The minimum Gasteiger partial charge on any atom is -0.396 e. The Morgan fingerprint density at radius 3 is 2.34 bits per heavy atom.